The Morgan fingerprint density at radius 1 is 0.625 bits per heavy atom. The zero-order valence-corrected chi connectivity index (χ0v) is 33.0. The van der Waals surface area contributed by atoms with E-state index >= 15 is 0 Å². The first-order valence-corrected chi connectivity index (χ1v) is 10.4. The van der Waals surface area contributed by atoms with E-state index in [4.69, 9.17) is 15.7 Å². The van der Waals surface area contributed by atoms with Gasteiger partial charge in [-0.2, -0.15) is 0 Å². The van der Waals surface area contributed by atoms with Crippen molar-refractivity contribution in [3.63, 3.8) is 0 Å². The summed E-state index contributed by atoms with van der Waals surface area (Å²) in [5, 5.41) is 0. The predicted octanol–water partition coefficient (Wildman–Crippen LogP) is 5.47. The third-order valence-corrected chi connectivity index (χ3v) is 3.42. The molecule has 0 saturated heterocycles. The van der Waals surface area contributed by atoms with Crippen molar-refractivity contribution in [3.8, 4) is 11.3 Å². The summed E-state index contributed by atoms with van der Waals surface area (Å²) in [7, 11) is 15.2. The summed E-state index contributed by atoms with van der Waals surface area (Å²) in [6.07, 6.45) is 15.8. The molecular weight excluding hydrogens is 1180 g/mol. The van der Waals surface area contributed by atoms with Crippen LogP contribution in [0.15, 0.2) is 67.5 Å². The molecule has 4 aromatic rings. The zero-order chi connectivity index (χ0) is 24.7. The van der Waals surface area contributed by atoms with Crippen molar-refractivity contribution in [2.24, 2.45) is 0 Å². The SMILES string of the molecule is C.C.C.CC.Cc1cn[c-]cn1.[B]C.[B]Cc1cn[c-]cn1.[B]Cc1cnc(-c2ccccc2)cn1.[W].[W].[W].[W]. The van der Waals surface area contributed by atoms with Crippen LogP contribution in [0.25, 0.3) is 11.3 Å². The van der Waals surface area contributed by atoms with E-state index in [1.165, 1.54) is 13.0 Å². The molecule has 4 rings (SSSR count). The molecule has 6 nitrogen and oxygen atoms in total. The second-order valence-corrected chi connectivity index (χ2v) is 5.59. The molecule has 0 aliphatic rings. The topological polar surface area (TPSA) is 77.3 Å². The Hall–Kier alpha value is -0.592. The Bertz CT molecular complexity index is 949. The maximum Gasteiger partial charge on any atom is 0.0885 e. The number of benzene rings is 1. The van der Waals surface area contributed by atoms with E-state index in [2.05, 4.69) is 50.1 Å². The van der Waals surface area contributed by atoms with Gasteiger partial charge in [0.25, 0.3) is 0 Å². The van der Waals surface area contributed by atoms with Gasteiger partial charge in [0.15, 0.2) is 0 Å². The van der Waals surface area contributed by atoms with Crippen molar-refractivity contribution in [2.75, 3.05) is 0 Å². The minimum absolute atomic E-state index is 0. The third-order valence-electron chi connectivity index (χ3n) is 3.42. The first kappa shape index (κ1) is 58.9. The van der Waals surface area contributed by atoms with E-state index in [9.17, 15) is 0 Å². The van der Waals surface area contributed by atoms with Gasteiger partial charge in [-0.15, -0.1) is 24.8 Å². The summed E-state index contributed by atoms with van der Waals surface area (Å²) in [6, 6.07) is 9.95. The number of hydrogen-bond acceptors (Lipinski definition) is 6. The molecule has 0 atom stereocenters. The fourth-order valence-electron chi connectivity index (χ4n) is 1.94. The molecule has 212 valence electrons. The molecule has 0 N–H and O–H groups in total. The molecule has 0 saturated carbocycles. The standard InChI is InChI=1S/C11H9BN2.C5H4BN2.C5H5N2.C2H6.CH3B.3CH4.4W/c12-6-10-7-14-11(8-13-10)9-4-2-1-3-5-9;6-3-5-4-7-1-2-8-5;1-5-4-6-2-3-7-5;2*1-2;;;;;;;/h1-5,7-8H,6H2;2,4H,3H2;3-4H,1H3;1-2H3;1H3;3*1H4;;;;/q;2*-1;;;;;;;;;. The second-order valence-electron chi connectivity index (χ2n) is 5.59. The van der Waals surface area contributed by atoms with Crippen LogP contribution >= 0.6 is 0 Å². The molecule has 40 heavy (non-hydrogen) atoms. The minimum Gasteiger partial charge on any atom is -0.456 e. The molecular formula is C27H39B3N6W4-2. The van der Waals surface area contributed by atoms with Crippen LogP contribution in [-0.4, -0.2) is 53.4 Å². The Morgan fingerprint density at radius 2 is 1.10 bits per heavy atom. The van der Waals surface area contributed by atoms with Gasteiger partial charge in [0.1, 0.15) is 0 Å². The normalized spacial score (nSPS) is 7.10. The molecule has 3 heterocycles. The largest absolute Gasteiger partial charge is 0.456 e. The molecule has 0 aliphatic heterocycles. The average molecular weight is 1220 g/mol. The van der Waals surface area contributed by atoms with E-state index in [-0.39, 0.29) is 107 Å². The summed E-state index contributed by atoms with van der Waals surface area (Å²) >= 11 is 0. The Balaban J connectivity index is -0.0000000582. The van der Waals surface area contributed by atoms with Gasteiger partial charge in [0.2, 0.25) is 0 Å². The van der Waals surface area contributed by atoms with Crippen LogP contribution in [0.3, 0.4) is 0 Å². The Labute approximate surface area is 305 Å². The van der Waals surface area contributed by atoms with Gasteiger partial charge >= 0.3 is 0 Å². The summed E-state index contributed by atoms with van der Waals surface area (Å²) in [5.41, 5.74) is 4.48. The van der Waals surface area contributed by atoms with E-state index in [1.807, 2.05) is 51.1 Å². The smallest absolute Gasteiger partial charge is 0.0885 e. The van der Waals surface area contributed by atoms with Crippen LogP contribution in [0.5, 0.6) is 0 Å². The maximum absolute atomic E-state index is 5.44. The molecule has 6 radical (unpaired) electrons. The number of aromatic nitrogens is 6. The average Bonchev–Trinajstić information content (AvgIpc) is 2.93. The fraction of sp³-hybridized carbons (Fsp3) is 0.333. The van der Waals surface area contributed by atoms with E-state index in [0.717, 1.165) is 28.3 Å². The molecule has 0 bridgehead atoms. The van der Waals surface area contributed by atoms with Crippen LogP contribution in [0.1, 0.15) is 53.2 Å². The van der Waals surface area contributed by atoms with Gasteiger partial charge in [-0.3, -0.25) is 19.9 Å². The van der Waals surface area contributed by atoms with E-state index in [1.54, 1.807) is 31.0 Å². The van der Waals surface area contributed by atoms with Crippen molar-refractivity contribution in [1.82, 2.24) is 29.9 Å². The second kappa shape index (κ2) is 42.9. The zero-order valence-electron chi connectivity index (χ0n) is 21.3. The van der Waals surface area contributed by atoms with E-state index in [0.29, 0.717) is 12.6 Å². The van der Waals surface area contributed by atoms with Gasteiger partial charge in [-0.1, -0.05) is 79.6 Å². The molecule has 0 amide bonds. The van der Waals surface area contributed by atoms with Gasteiger partial charge in [-0.05, 0) is 37.0 Å². The monoisotopic (exact) mass is 1220 g/mol. The maximum atomic E-state index is 5.44. The van der Waals surface area contributed by atoms with Crippen molar-refractivity contribution in [1.29, 1.82) is 0 Å². The minimum atomic E-state index is 0. The number of hydrogen-bond donors (Lipinski definition) is 0. The molecule has 0 aliphatic carbocycles. The van der Waals surface area contributed by atoms with Crippen LogP contribution in [-0.2, 0) is 96.9 Å². The molecule has 3 aromatic heterocycles. The molecule has 0 fully saturated rings. The summed E-state index contributed by atoms with van der Waals surface area (Å²) in [6.45, 7) is 7.39. The van der Waals surface area contributed by atoms with Crippen LogP contribution in [0.4, 0.5) is 0 Å². The first-order chi connectivity index (χ1) is 16.2. The van der Waals surface area contributed by atoms with Crippen LogP contribution in [0, 0.1) is 19.3 Å². The Kier molecular flexibility index (Phi) is 63.2. The molecule has 13 heteroatoms. The summed E-state index contributed by atoms with van der Waals surface area (Å²) in [5.74, 6) is 0. The van der Waals surface area contributed by atoms with Crippen LogP contribution in [0.2, 0.25) is 6.82 Å². The fourth-order valence-corrected chi connectivity index (χ4v) is 1.94. The summed E-state index contributed by atoms with van der Waals surface area (Å²) in [4.78, 5) is 23.6. The summed E-state index contributed by atoms with van der Waals surface area (Å²) < 4.78 is 0. The van der Waals surface area contributed by atoms with Crippen molar-refractivity contribution >= 4 is 23.5 Å². The van der Waals surface area contributed by atoms with E-state index < -0.39 is 0 Å². The quantitative estimate of drug-likeness (QED) is 0.200. The van der Waals surface area contributed by atoms with Gasteiger partial charge < -0.3 is 9.97 Å². The van der Waals surface area contributed by atoms with Crippen molar-refractivity contribution < 1.29 is 84.3 Å². The van der Waals surface area contributed by atoms with Crippen molar-refractivity contribution in [2.45, 2.75) is 62.5 Å². The number of aryl methyl sites for hydroxylation is 1. The number of rotatable bonds is 3. The predicted molar refractivity (Wildman–Crippen MR) is 156 cm³/mol. The molecule has 0 spiro atoms. The van der Waals surface area contributed by atoms with Crippen molar-refractivity contribution in [3.05, 3.63) is 97.0 Å². The number of nitrogens with zero attached hydrogens (tertiary/aromatic N) is 6. The van der Waals surface area contributed by atoms with Gasteiger partial charge in [-0.25, -0.2) is 0 Å². The Morgan fingerprint density at radius 3 is 1.40 bits per heavy atom. The van der Waals surface area contributed by atoms with Crippen LogP contribution < -0.4 is 0 Å². The first-order valence-electron chi connectivity index (χ1n) is 10.4. The molecule has 1 aromatic carbocycles. The third kappa shape index (κ3) is 28.9. The van der Waals surface area contributed by atoms with Gasteiger partial charge in [0, 0.05) is 96.0 Å². The molecule has 0 unspecified atom stereocenters. The van der Waals surface area contributed by atoms with Gasteiger partial charge in [0.05, 0.1) is 41.1 Å².